The average Bonchev–Trinajstić information content (AvgIpc) is 2.76. The highest BCUT2D eigenvalue weighted by molar-refractivity contribution is 5.75. The smallest absolute Gasteiger partial charge is 0.222 e. The van der Waals surface area contributed by atoms with E-state index in [9.17, 15) is 4.79 Å². The van der Waals surface area contributed by atoms with Gasteiger partial charge in [-0.2, -0.15) is 0 Å². The Hall–Kier alpha value is -1.29. The van der Waals surface area contributed by atoms with Crippen LogP contribution in [0.15, 0.2) is 18.5 Å². The Balaban J connectivity index is 2.37. The maximum Gasteiger partial charge on any atom is 0.222 e. The molecule has 0 aliphatic rings. The minimum absolute atomic E-state index is 0.125. The second-order valence-corrected chi connectivity index (χ2v) is 4.59. The lowest BCUT2D eigenvalue weighted by Gasteiger charge is -2.10. The quantitative estimate of drug-likeness (QED) is 0.819. The lowest BCUT2D eigenvalue weighted by molar-refractivity contribution is -0.128. The summed E-state index contributed by atoms with van der Waals surface area (Å²) in [4.78, 5) is 13.0. The number of carbonyl (C=O) groups excluding carboxylic acids is 1. The lowest BCUT2D eigenvalue weighted by Crippen LogP contribution is -2.21. The average molecular weight is 237 g/mol. The molecule has 0 saturated carbocycles. The number of aromatic nitrogens is 1. The van der Waals surface area contributed by atoms with Crippen molar-refractivity contribution >= 4 is 5.91 Å². The minimum Gasteiger partial charge on any atom is -0.354 e. The molecule has 17 heavy (non-hydrogen) atoms. The third kappa shape index (κ3) is 4.23. The Morgan fingerprint density at radius 1 is 1.53 bits per heavy atom. The zero-order valence-electron chi connectivity index (χ0n) is 11.0. The summed E-state index contributed by atoms with van der Waals surface area (Å²) in [6.45, 7) is 2.95. The molecule has 2 N–H and O–H groups in total. The van der Waals surface area contributed by atoms with Crippen molar-refractivity contribution in [2.45, 2.75) is 38.8 Å². The molecule has 1 aromatic heterocycles. The molecule has 4 heteroatoms. The first kappa shape index (κ1) is 13.8. The molecule has 1 amide bonds. The van der Waals surface area contributed by atoms with Crippen LogP contribution in [0.5, 0.6) is 0 Å². The van der Waals surface area contributed by atoms with Gasteiger partial charge in [0.1, 0.15) is 0 Å². The Kier molecular flexibility index (Phi) is 5.22. The third-order valence-electron chi connectivity index (χ3n) is 2.95. The van der Waals surface area contributed by atoms with Gasteiger partial charge in [-0.05, 0) is 24.5 Å². The standard InChI is InChI=1S/C13H23N3O/c1-4-12(14)11-7-9-16(10-11)8-5-6-13(17)15(2)3/h7,9-10,12H,4-6,8,14H2,1-3H3. The first-order valence-electron chi connectivity index (χ1n) is 6.16. The summed E-state index contributed by atoms with van der Waals surface area (Å²) in [5.74, 6) is 0.183. The van der Waals surface area contributed by atoms with Crippen molar-refractivity contribution in [3.05, 3.63) is 24.0 Å². The Bertz CT molecular complexity index is 357. The number of nitrogens with two attached hydrogens (primary N) is 1. The molecule has 0 saturated heterocycles. The van der Waals surface area contributed by atoms with Gasteiger partial charge in [0.15, 0.2) is 0 Å². The summed E-state index contributed by atoms with van der Waals surface area (Å²) in [7, 11) is 3.58. The number of aryl methyl sites for hydroxylation is 1. The largest absolute Gasteiger partial charge is 0.354 e. The summed E-state index contributed by atoms with van der Waals surface area (Å²) in [5.41, 5.74) is 7.12. The van der Waals surface area contributed by atoms with Crippen molar-refractivity contribution in [1.82, 2.24) is 9.47 Å². The van der Waals surface area contributed by atoms with E-state index in [0.29, 0.717) is 6.42 Å². The van der Waals surface area contributed by atoms with Crippen LogP contribution in [0.2, 0.25) is 0 Å². The van der Waals surface area contributed by atoms with Gasteiger partial charge in [0.05, 0.1) is 0 Å². The van der Waals surface area contributed by atoms with Gasteiger partial charge in [-0.15, -0.1) is 0 Å². The summed E-state index contributed by atoms with van der Waals surface area (Å²) >= 11 is 0. The van der Waals surface area contributed by atoms with Crippen LogP contribution < -0.4 is 5.73 Å². The van der Waals surface area contributed by atoms with Crippen LogP contribution >= 0.6 is 0 Å². The Morgan fingerprint density at radius 2 is 2.24 bits per heavy atom. The van der Waals surface area contributed by atoms with Gasteiger partial charge >= 0.3 is 0 Å². The Labute approximate surface area is 103 Å². The number of nitrogens with zero attached hydrogens (tertiary/aromatic N) is 2. The fraction of sp³-hybridized carbons (Fsp3) is 0.615. The highest BCUT2D eigenvalue weighted by Crippen LogP contribution is 2.14. The van der Waals surface area contributed by atoms with Crippen LogP contribution in [0, 0.1) is 0 Å². The van der Waals surface area contributed by atoms with E-state index in [2.05, 4.69) is 23.8 Å². The van der Waals surface area contributed by atoms with E-state index in [1.54, 1.807) is 19.0 Å². The fourth-order valence-electron chi connectivity index (χ4n) is 1.69. The number of hydrogen-bond donors (Lipinski definition) is 1. The highest BCUT2D eigenvalue weighted by Gasteiger charge is 2.06. The molecule has 1 atom stereocenters. The molecule has 0 bridgehead atoms. The summed E-state index contributed by atoms with van der Waals surface area (Å²) in [6, 6.07) is 2.18. The Morgan fingerprint density at radius 3 is 2.82 bits per heavy atom. The topological polar surface area (TPSA) is 51.3 Å². The van der Waals surface area contributed by atoms with Crippen LogP contribution in [0.1, 0.15) is 37.8 Å². The molecular formula is C13H23N3O. The number of hydrogen-bond acceptors (Lipinski definition) is 2. The van der Waals surface area contributed by atoms with Gasteiger partial charge < -0.3 is 15.2 Å². The maximum absolute atomic E-state index is 11.4. The summed E-state index contributed by atoms with van der Waals surface area (Å²) in [5, 5.41) is 0. The van der Waals surface area contributed by atoms with Crippen LogP contribution in [0.25, 0.3) is 0 Å². The molecule has 1 unspecified atom stereocenters. The number of rotatable bonds is 6. The molecule has 0 aliphatic carbocycles. The maximum atomic E-state index is 11.4. The minimum atomic E-state index is 0.125. The van der Waals surface area contributed by atoms with Crippen LogP contribution in [0.4, 0.5) is 0 Å². The molecule has 96 valence electrons. The van der Waals surface area contributed by atoms with E-state index < -0.39 is 0 Å². The van der Waals surface area contributed by atoms with Crippen molar-refractivity contribution in [1.29, 1.82) is 0 Å². The second-order valence-electron chi connectivity index (χ2n) is 4.59. The van der Waals surface area contributed by atoms with Crippen molar-refractivity contribution in [2.75, 3.05) is 14.1 Å². The lowest BCUT2D eigenvalue weighted by atomic mass is 10.1. The van der Waals surface area contributed by atoms with Gasteiger partial charge in [0, 0.05) is 45.5 Å². The van der Waals surface area contributed by atoms with E-state index in [1.807, 2.05) is 6.20 Å². The summed E-state index contributed by atoms with van der Waals surface area (Å²) < 4.78 is 2.10. The molecular weight excluding hydrogens is 214 g/mol. The molecule has 4 nitrogen and oxygen atoms in total. The van der Waals surface area contributed by atoms with E-state index >= 15 is 0 Å². The van der Waals surface area contributed by atoms with E-state index in [0.717, 1.165) is 19.4 Å². The van der Waals surface area contributed by atoms with Crippen molar-refractivity contribution in [3.8, 4) is 0 Å². The molecule has 0 fully saturated rings. The van der Waals surface area contributed by atoms with Crippen molar-refractivity contribution < 1.29 is 4.79 Å². The van der Waals surface area contributed by atoms with Gasteiger partial charge in [-0.25, -0.2) is 0 Å². The first-order valence-corrected chi connectivity index (χ1v) is 6.16. The predicted molar refractivity (Wildman–Crippen MR) is 69.6 cm³/mol. The van der Waals surface area contributed by atoms with Crippen LogP contribution in [-0.2, 0) is 11.3 Å². The fourth-order valence-corrected chi connectivity index (χ4v) is 1.69. The highest BCUT2D eigenvalue weighted by atomic mass is 16.2. The molecule has 1 aromatic rings. The molecule has 0 aliphatic heterocycles. The first-order chi connectivity index (χ1) is 8.04. The van der Waals surface area contributed by atoms with Crippen molar-refractivity contribution in [2.24, 2.45) is 5.73 Å². The second kappa shape index (κ2) is 6.45. The molecule has 1 rings (SSSR count). The zero-order chi connectivity index (χ0) is 12.8. The SMILES string of the molecule is CCC(N)c1ccn(CCCC(=O)N(C)C)c1. The van der Waals surface area contributed by atoms with E-state index in [4.69, 9.17) is 5.73 Å². The molecule has 0 radical (unpaired) electrons. The van der Waals surface area contributed by atoms with Crippen LogP contribution in [0.3, 0.4) is 0 Å². The summed E-state index contributed by atoms with van der Waals surface area (Å²) in [6.07, 6.45) is 6.52. The predicted octanol–water partition coefficient (Wildman–Crippen LogP) is 1.77. The van der Waals surface area contributed by atoms with Gasteiger partial charge in [-0.3, -0.25) is 4.79 Å². The van der Waals surface area contributed by atoms with Gasteiger partial charge in [0.25, 0.3) is 0 Å². The van der Waals surface area contributed by atoms with Crippen molar-refractivity contribution in [3.63, 3.8) is 0 Å². The normalized spacial score (nSPS) is 12.5. The monoisotopic (exact) mass is 237 g/mol. The van der Waals surface area contributed by atoms with Crippen LogP contribution in [-0.4, -0.2) is 29.5 Å². The molecule has 1 heterocycles. The van der Waals surface area contributed by atoms with Gasteiger partial charge in [-0.1, -0.05) is 6.92 Å². The number of carbonyl (C=O) groups is 1. The van der Waals surface area contributed by atoms with E-state index in [1.165, 1.54) is 5.56 Å². The zero-order valence-corrected chi connectivity index (χ0v) is 11.0. The van der Waals surface area contributed by atoms with E-state index in [-0.39, 0.29) is 11.9 Å². The third-order valence-corrected chi connectivity index (χ3v) is 2.95. The molecule has 0 aromatic carbocycles. The molecule has 0 spiro atoms. The number of amides is 1. The van der Waals surface area contributed by atoms with Gasteiger partial charge in [0.2, 0.25) is 5.91 Å².